The summed E-state index contributed by atoms with van der Waals surface area (Å²) in [6.45, 7) is 3.55. The van der Waals surface area contributed by atoms with Gasteiger partial charge in [-0.25, -0.2) is 4.79 Å². The van der Waals surface area contributed by atoms with Crippen LogP contribution in [0.5, 0.6) is 0 Å². The summed E-state index contributed by atoms with van der Waals surface area (Å²) >= 11 is 0. The van der Waals surface area contributed by atoms with Crippen molar-refractivity contribution in [3.63, 3.8) is 0 Å². The van der Waals surface area contributed by atoms with Gasteiger partial charge in [-0.2, -0.15) is 0 Å². The molecule has 1 aromatic carbocycles. The van der Waals surface area contributed by atoms with Crippen LogP contribution >= 0.6 is 0 Å². The van der Waals surface area contributed by atoms with Crippen molar-refractivity contribution in [3.8, 4) is 0 Å². The van der Waals surface area contributed by atoms with E-state index in [1.54, 1.807) is 0 Å². The molecule has 1 unspecified atom stereocenters. The molecular weight excluding hydrogens is 240 g/mol. The SMILES string of the molecule is CNC(C)c1ccc(NC(=O)NCCN(C)C)cc1. The molecule has 0 aliphatic rings. The van der Waals surface area contributed by atoms with E-state index in [1.807, 2.05) is 50.3 Å². The van der Waals surface area contributed by atoms with Crippen molar-refractivity contribution in [3.05, 3.63) is 29.8 Å². The highest BCUT2D eigenvalue weighted by Crippen LogP contribution is 2.15. The normalized spacial score (nSPS) is 12.3. The highest BCUT2D eigenvalue weighted by Gasteiger charge is 2.04. The average molecular weight is 264 g/mol. The Hall–Kier alpha value is -1.59. The minimum Gasteiger partial charge on any atom is -0.337 e. The number of nitrogens with zero attached hydrogens (tertiary/aromatic N) is 1. The molecule has 0 fully saturated rings. The van der Waals surface area contributed by atoms with Gasteiger partial charge in [0.15, 0.2) is 0 Å². The lowest BCUT2D eigenvalue weighted by Gasteiger charge is -2.13. The summed E-state index contributed by atoms with van der Waals surface area (Å²) in [5.74, 6) is 0. The van der Waals surface area contributed by atoms with E-state index in [4.69, 9.17) is 0 Å². The van der Waals surface area contributed by atoms with Crippen LogP contribution in [0.15, 0.2) is 24.3 Å². The number of hydrogen-bond donors (Lipinski definition) is 3. The van der Waals surface area contributed by atoms with Crippen molar-refractivity contribution >= 4 is 11.7 Å². The number of likely N-dealkylation sites (N-methyl/N-ethyl adjacent to an activating group) is 1. The van der Waals surface area contributed by atoms with Gasteiger partial charge in [-0.3, -0.25) is 0 Å². The summed E-state index contributed by atoms with van der Waals surface area (Å²) < 4.78 is 0. The van der Waals surface area contributed by atoms with Gasteiger partial charge in [-0.05, 0) is 45.8 Å². The van der Waals surface area contributed by atoms with Crippen LogP contribution in [-0.2, 0) is 0 Å². The van der Waals surface area contributed by atoms with Crippen LogP contribution in [0.4, 0.5) is 10.5 Å². The van der Waals surface area contributed by atoms with Crippen LogP contribution in [0.1, 0.15) is 18.5 Å². The van der Waals surface area contributed by atoms with Crippen LogP contribution in [0, 0.1) is 0 Å². The highest BCUT2D eigenvalue weighted by atomic mass is 16.2. The molecule has 0 bridgehead atoms. The minimum atomic E-state index is -0.170. The average Bonchev–Trinajstić information content (AvgIpc) is 2.38. The second-order valence-corrected chi connectivity index (χ2v) is 4.82. The molecule has 0 radical (unpaired) electrons. The van der Waals surface area contributed by atoms with Crippen molar-refractivity contribution in [1.29, 1.82) is 0 Å². The molecular formula is C14H24N4O. The highest BCUT2D eigenvalue weighted by molar-refractivity contribution is 5.89. The lowest BCUT2D eigenvalue weighted by Crippen LogP contribution is -2.34. The Morgan fingerprint density at radius 2 is 1.89 bits per heavy atom. The van der Waals surface area contributed by atoms with Crippen molar-refractivity contribution in [2.75, 3.05) is 39.5 Å². The zero-order valence-electron chi connectivity index (χ0n) is 12.2. The van der Waals surface area contributed by atoms with Crippen molar-refractivity contribution in [2.24, 2.45) is 0 Å². The molecule has 1 atom stereocenters. The molecule has 0 aliphatic carbocycles. The van der Waals surface area contributed by atoms with Gasteiger partial charge >= 0.3 is 6.03 Å². The molecule has 0 spiro atoms. The van der Waals surface area contributed by atoms with Gasteiger partial charge in [0.2, 0.25) is 0 Å². The monoisotopic (exact) mass is 264 g/mol. The number of anilines is 1. The van der Waals surface area contributed by atoms with E-state index in [9.17, 15) is 4.79 Å². The largest absolute Gasteiger partial charge is 0.337 e. The number of carbonyl (C=O) groups is 1. The van der Waals surface area contributed by atoms with Crippen LogP contribution < -0.4 is 16.0 Å². The van der Waals surface area contributed by atoms with E-state index < -0.39 is 0 Å². The van der Waals surface area contributed by atoms with E-state index in [2.05, 4.69) is 22.9 Å². The van der Waals surface area contributed by atoms with Crippen molar-refractivity contribution in [2.45, 2.75) is 13.0 Å². The molecule has 0 heterocycles. The third kappa shape index (κ3) is 5.72. The molecule has 3 N–H and O–H groups in total. The van der Waals surface area contributed by atoms with Gasteiger partial charge in [-0.15, -0.1) is 0 Å². The summed E-state index contributed by atoms with van der Waals surface area (Å²) in [6.07, 6.45) is 0. The van der Waals surface area contributed by atoms with Gasteiger partial charge in [0.25, 0.3) is 0 Å². The fraction of sp³-hybridized carbons (Fsp3) is 0.500. The Morgan fingerprint density at radius 3 is 2.42 bits per heavy atom. The van der Waals surface area contributed by atoms with Gasteiger partial charge in [-0.1, -0.05) is 12.1 Å². The van der Waals surface area contributed by atoms with Gasteiger partial charge in [0.05, 0.1) is 0 Å². The first-order valence-electron chi connectivity index (χ1n) is 6.49. The number of urea groups is 1. The Kier molecular flexibility index (Phi) is 6.32. The molecule has 2 amide bonds. The number of hydrogen-bond acceptors (Lipinski definition) is 3. The predicted molar refractivity (Wildman–Crippen MR) is 79.5 cm³/mol. The molecule has 19 heavy (non-hydrogen) atoms. The topological polar surface area (TPSA) is 56.4 Å². The molecule has 0 aliphatic heterocycles. The first-order chi connectivity index (χ1) is 9.02. The molecule has 1 rings (SSSR count). The fourth-order valence-electron chi connectivity index (χ4n) is 1.59. The van der Waals surface area contributed by atoms with E-state index >= 15 is 0 Å². The molecule has 106 valence electrons. The quantitative estimate of drug-likeness (QED) is 0.732. The summed E-state index contributed by atoms with van der Waals surface area (Å²) in [4.78, 5) is 13.6. The Bertz CT molecular complexity index is 389. The molecule has 0 saturated carbocycles. The third-order valence-corrected chi connectivity index (χ3v) is 2.95. The van der Waals surface area contributed by atoms with Gasteiger partial charge in [0.1, 0.15) is 0 Å². The molecule has 0 saturated heterocycles. The maximum absolute atomic E-state index is 11.6. The van der Waals surface area contributed by atoms with E-state index in [-0.39, 0.29) is 6.03 Å². The number of carbonyl (C=O) groups excluding carboxylic acids is 1. The zero-order valence-corrected chi connectivity index (χ0v) is 12.2. The number of nitrogens with one attached hydrogen (secondary N) is 3. The van der Waals surface area contributed by atoms with Crippen LogP contribution in [0.3, 0.4) is 0 Å². The van der Waals surface area contributed by atoms with Gasteiger partial charge < -0.3 is 20.9 Å². The Balaban J connectivity index is 2.42. The summed E-state index contributed by atoms with van der Waals surface area (Å²) in [6, 6.07) is 7.98. The molecule has 0 aromatic heterocycles. The summed E-state index contributed by atoms with van der Waals surface area (Å²) in [5, 5.41) is 8.79. The van der Waals surface area contributed by atoms with Gasteiger partial charge in [0, 0.05) is 24.8 Å². The molecule has 1 aromatic rings. The third-order valence-electron chi connectivity index (χ3n) is 2.95. The number of rotatable bonds is 6. The van der Waals surface area contributed by atoms with E-state index in [0.717, 1.165) is 12.2 Å². The second-order valence-electron chi connectivity index (χ2n) is 4.82. The van der Waals surface area contributed by atoms with Crippen LogP contribution in [0.2, 0.25) is 0 Å². The standard InChI is InChI=1S/C14H24N4O/c1-11(15-2)12-5-7-13(8-6-12)17-14(19)16-9-10-18(3)4/h5-8,11,15H,9-10H2,1-4H3,(H2,16,17,19). The number of benzene rings is 1. The minimum absolute atomic E-state index is 0.170. The number of amides is 2. The van der Waals surface area contributed by atoms with Crippen molar-refractivity contribution < 1.29 is 4.79 Å². The second kappa shape index (κ2) is 7.76. The molecule has 5 heteroatoms. The Morgan fingerprint density at radius 1 is 1.26 bits per heavy atom. The summed E-state index contributed by atoms with van der Waals surface area (Å²) in [7, 11) is 5.87. The van der Waals surface area contributed by atoms with Crippen molar-refractivity contribution in [1.82, 2.24) is 15.5 Å². The van der Waals surface area contributed by atoms with E-state index in [0.29, 0.717) is 12.6 Å². The maximum Gasteiger partial charge on any atom is 0.319 e. The van der Waals surface area contributed by atoms with Crippen LogP contribution in [0.25, 0.3) is 0 Å². The lowest BCUT2D eigenvalue weighted by molar-refractivity contribution is 0.250. The smallest absolute Gasteiger partial charge is 0.319 e. The maximum atomic E-state index is 11.6. The first kappa shape index (κ1) is 15.5. The van der Waals surface area contributed by atoms with Crippen LogP contribution in [-0.4, -0.2) is 45.2 Å². The predicted octanol–water partition coefficient (Wildman–Crippen LogP) is 1.65. The first-order valence-corrected chi connectivity index (χ1v) is 6.49. The lowest BCUT2D eigenvalue weighted by atomic mass is 10.1. The Labute approximate surface area is 115 Å². The summed E-state index contributed by atoms with van der Waals surface area (Å²) in [5.41, 5.74) is 2.00. The van der Waals surface area contributed by atoms with E-state index in [1.165, 1.54) is 5.56 Å². The molecule has 5 nitrogen and oxygen atoms in total. The zero-order chi connectivity index (χ0) is 14.3. The fourth-order valence-corrected chi connectivity index (χ4v) is 1.59.